The second-order valence-corrected chi connectivity index (χ2v) is 10.5. The first kappa shape index (κ1) is 20.9. The number of fused-ring (bicyclic) bond motifs is 11. The molecule has 0 amide bonds. The highest BCUT2D eigenvalue weighted by atomic mass is 16.5. The van der Waals surface area contributed by atoms with Crippen molar-refractivity contribution in [2.24, 2.45) is 0 Å². The zero-order valence-electron chi connectivity index (χ0n) is 21.1. The topological polar surface area (TPSA) is 12.5 Å². The molecule has 6 aromatic rings. The van der Waals surface area contributed by atoms with Crippen LogP contribution in [0.3, 0.4) is 0 Å². The molecule has 2 heteroatoms. The maximum absolute atomic E-state index is 6.57. The van der Waals surface area contributed by atoms with E-state index in [9.17, 15) is 0 Å². The van der Waals surface area contributed by atoms with Crippen molar-refractivity contribution in [3.8, 4) is 33.8 Å². The Balaban J connectivity index is 1.45. The van der Waals surface area contributed by atoms with Crippen molar-refractivity contribution in [1.29, 1.82) is 0 Å². The van der Waals surface area contributed by atoms with E-state index in [0.717, 1.165) is 22.9 Å². The highest BCUT2D eigenvalue weighted by Gasteiger charge is 2.53. The molecule has 1 spiro atoms. The molecule has 1 unspecified atom stereocenters. The first-order valence-corrected chi connectivity index (χ1v) is 13.5. The number of para-hydroxylation sites is 4. The Morgan fingerprint density at radius 2 is 1.10 bits per heavy atom. The van der Waals surface area contributed by atoms with E-state index in [4.69, 9.17) is 4.74 Å². The molecule has 1 aliphatic carbocycles. The van der Waals surface area contributed by atoms with Crippen LogP contribution in [0.15, 0.2) is 140 Å². The van der Waals surface area contributed by atoms with Gasteiger partial charge in [0.05, 0.1) is 22.5 Å². The number of nitrogens with zero attached hydrogens (tertiary/aromatic N) is 1. The summed E-state index contributed by atoms with van der Waals surface area (Å²) in [5.74, 6) is 1.77. The largest absolute Gasteiger partial charge is 0.453 e. The van der Waals surface area contributed by atoms with Crippen LogP contribution in [-0.4, -0.2) is 0 Å². The molecule has 9 rings (SSSR count). The van der Waals surface area contributed by atoms with Gasteiger partial charge in [0.25, 0.3) is 0 Å². The fraction of sp³-hybridized carbons (Fsp3) is 0.0270. The smallest absolute Gasteiger partial charge is 0.151 e. The van der Waals surface area contributed by atoms with Crippen LogP contribution in [0.1, 0.15) is 22.3 Å². The first-order valence-electron chi connectivity index (χ1n) is 13.5. The van der Waals surface area contributed by atoms with Gasteiger partial charge in [0.15, 0.2) is 11.5 Å². The van der Waals surface area contributed by atoms with Crippen molar-refractivity contribution >= 4 is 17.1 Å². The Labute approximate surface area is 227 Å². The number of anilines is 3. The maximum atomic E-state index is 6.57. The lowest BCUT2D eigenvalue weighted by Gasteiger charge is -2.47. The first-order chi connectivity index (χ1) is 19.4. The predicted octanol–water partition coefficient (Wildman–Crippen LogP) is 9.61. The van der Waals surface area contributed by atoms with Crippen LogP contribution in [0.25, 0.3) is 22.3 Å². The standard InChI is InChI=1S/C37H23NO/c1-2-11-24(12-3-1)25-21-22-27-26-13-4-5-14-28(26)37(31(27)23-25)29-15-6-7-17-32(29)38-33-18-8-9-19-34(33)39-35-20-10-16-30(37)36(35)38/h1-23H. The third kappa shape index (κ3) is 2.56. The average Bonchev–Trinajstić information content (AvgIpc) is 3.30. The fourth-order valence-corrected chi connectivity index (χ4v) is 7.16. The quantitative estimate of drug-likeness (QED) is 0.224. The molecule has 3 aliphatic rings. The Bertz CT molecular complexity index is 1960. The van der Waals surface area contributed by atoms with Gasteiger partial charge in [-0.2, -0.15) is 0 Å². The lowest BCUT2D eigenvalue weighted by atomic mass is 9.64. The number of benzene rings is 6. The van der Waals surface area contributed by atoms with Crippen molar-refractivity contribution in [2.45, 2.75) is 5.41 Å². The zero-order valence-corrected chi connectivity index (χ0v) is 21.1. The van der Waals surface area contributed by atoms with Crippen molar-refractivity contribution in [3.63, 3.8) is 0 Å². The summed E-state index contributed by atoms with van der Waals surface area (Å²) < 4.78 is 6.57. The lowest BCUT2D eigenvalue weighted by molar-refractivity contribution is 0.473. The molecular weight excluding hydrogens is 474 g/mol. The van der Waals surface area contributed by atoms with Gasteiger partial charge in [-0.1, -0.05) is 109 Å². The van der Waals surface area contributed by atoms with Crippen LogP contribution < -0.4 is 9.64 Å². The summed E-state index contributed by atoms with van der Waals surface area (Å²) in [4.78, 5) is 2.41. The highest BCUT2D eigenvalue weighted by molar-refractivity contribution is 5.99. The number of hydrogen-bond acceptors (Lipinski definition) is 2. The normalized spacial score (nSPS) is 17.0. The van der Waals surface area contributed by atoms with Gasteiger partial charge in [-0.25, -0.2) is 0 Å². The van der Waals surface area contributed by atoms with E-state index in [0.29, 0.717) is 0 Å². The van der Waals surface area contributed by atoms with Crippen molar-refractivity contribution in [3.05, 3.63) is 162 Å². The van der Waals surface area contributed by atoms with Gasteiger partial charge < -0.3 is 9.64 Å². The van der Waals surface area contributed by atoms with Crippen LogP contribution in [0.4, 0.5) is 17.1 Å². The molecule has 0 saturated heterocycles. The Kier molecular flexibility index (Phi) is 4.02. The Hall–Kier alpha value is -5.08. The molecule has 0 saturated carbocycles. The van der Waals surface area contributed by atoms with E-state index in [1.165, 1.54) is 50.2 Å². The van der Waals surface area contributed by atoms with E-state index >= 15 is 0 Å². The SMILES string of the molecule is c1ccc(-c2ccc3c(c2)C2(c4ccccc4-3)c3ccccc3N3c4ccccc4Oc4cccc2c43)cc1. The average molecular weight is 498 g/mol. The highest BCUT2D eigenvalue weighted by Crippen LogP contribution is 2.66. The fourth-order valence-electron chi connectivity index (χ4n) is 7.16. The summed E-state index contributed by atoms with van der Waals surface area (Å²) in [6.07, 6.45) is 0. The minimum atomic E-state index is -0.467. The Morgan fingerprint density at radius 3 is 2.00 bits per heavy atom. The van der Waals surface area contributed by atoms with Gasteiger partial charge in [0.2, 0.25) is 0 Å². The summed E-state index contributed by atoms with van der Waals surface area (Å²) in [6, 6.07) is 50.5. The van der Waals surface area contributed by atoms with E-state index in [1.807, 2.05) is 6.07 Å². The Morgan fingerprint density at radius 1 is 0.436 bits per heavy atom. The summed E-state index contributed by atoms with van der Waals surface area (Å²) in [5.41, 5.74) is 13.2. The van der Waals surface area contributed by atoms with Crippen molar-refractivity contribution in [2.75, 3.05) is 4.90 Å². The molecule has 0 fully saturated rings. The summed E-state index contributed by atoms with van der Waals surface area (Å²) in [6.45, 7) is 0. The number of hydrogen-bond donors (Lipinski definition) is 0. The third-order valence-corrected chi connectivity index (χ3v) is 8.65. The molecule has 39 heavy (non-hydrogen) atoms. The van der Waals surface area contributed by atoms with E-state index in [-0.39, 0.29) is 0 Å². The molecule has 0 radical (unpaired) electrons. The van der Waals surface area contributed by atoms with E-state index in [1.54, 1.807) is 0 Å². The molecular formula is C37H23NO. The lowest BCUT2D eigenvalue weighted by Crippen LogP contribution is -2.37. The van der Waals surface area contributed by atoms with Crippen molar-refractivity contribution in [1.82, 2.24) is 0 Å². The molecule has 182 valence electrons. The van der Waals surface area contributed by atoms with E-state index in [2.05, 4.69) is 138 Å². The maximum Gasteiger partial charge on any atom is 0.151 e. The monoisotopic (exact) mass is 497 g/mol. The van der Waals surface area contributed by atoms with E-state index < -0.39 is 5.41 Å². The molecule has 0 aromatic heterocycles. The van der Waals surface area contributed by atoms with Gasteiger partial charge in [-0.05, 0) is 74.8 Å². The van der Waals surface area contributed by atoms with Crippen molar-refractivity contribution < 1.29 is 4.74 Å². The second-order valence-electron chi connectivity index (χ2n) is 10.5. The summed E-state index contributed by atoms with van der Waals surface area (Å²) in [7, 11) is 0. The minimum absolute atomic E-state index is 0.467. The molecule has 2 heterocycles. The zero-order chi connectivity index (χ0) is 25.6. The molecule has 1 atom stereocenters. The second kappa shape index (κ2) is 7.49. The van der Waals surface area contributed by atoms with Gasteiger partial charge in [-0.15, -0.1) is 0 Å². The molecule has 0 bridgehead atoms. The minimum Gasteiger partial charge on any atom is -0.453 e. The van der Waals surface area contributed by atoms with Crippen LogP contribution in [0.5, 0.6) is 11.5 Å². The number of ether oxygens (including phenoxy) is 1. The van der Waals surface area contributed by atoms with Crippen LogP contribution in [-0.2, 0) is 5.41 Å². The molecule has 6 aromatic carbocycles. The third-order valence-electron chi connectivity index (χ3n) is 8.65. The molecule has 2 aliphatic heterocycles. The molecule has 2 nitrogen and oxygen atoms in total. The van der Waals surface area contributed by atoms with Crippen LogP contribution in [0.2, 0.25) is 0 Å². The van der Waals surface area contributed by atoms with Gasteiger partial charge in [-0.3, -0.25) is 0 Å². The van der Waals surface area contributed by atoms with Crippen LogP contribution in [0, 0.1) is 0 Å². The van der Waals surface area contributed by atoms with Gasteiger partial charge >= 0.3 is 0 Å². The molecule has 0 N–H and O–H groups in total. The predicted molar refractivity (Wildman–Crippen MR) is 157 cm³/mol. The van der Waals surface area contributed by atoms with Gasteiger partial charge in [0.1, 0.15) is 0 Å². The number of rotatable bonds is 1. The van der Waals surface area contributed by atoms with Gasteiger partial charge in [0, 0.05) is 0 Å². The summed E-state index contributed by atoms with van der Waals surface area (Å²) >= 11 is 0. The van der Waals surface area contributed by atoms with Crippen LogP contribution >= 0.6 is 0 Å². The summed E-state index contributed by atoms with van der Waals surface area (Å²) in [5, 5.41) is 0.